The molecular weight excluding hydrogens is 248 g/mol. The smallest absolute Gasteiger partial charge is 0.254 e. The molecule has 0 atom stereocenters. The summed E-state index contributed by atoms with van der Waals surface area (Å²) in [6.07, 6.45) is 0. The molecule has 2 rings (SSSR count). The fourth-order valence-corrected chi connectivity index (χ4v) is 2.85. The number of nitrogens with zero attached hydrogens (tertiary/aromatic N) is 2. The Balaban J connectivity index is 1.85. The largest absolute Gasteiger partial charge is 0.389 e. The molecule has 1 aromatic rings. The highest BCUT2D eigenvalue weighted by molar-refractivity contribution is 7.08. The van der Waals surface area contributed by atoms with Crippen LogP contribution < -0.4 is 0 Å². The summed E-state index contributed by atoms with van der Waals surface area (Å²) in [7, 11) is 0. The summed E-state index contributed by atoms with van der Waals surface area (Å²) in [5.74, 6) is 0.124. The number of carbonyl (C=O) groups excluding carboxylic acids is 1. The van der Waals surface area contributed by atoms with Crippen LogP contribution in [0.3, 0.4) is 0 Å². The van der Waals surface area contributed by atoms with Crippen molar-refractivity contribution in [3.63, 3.8) is 0 Å². The van der Waals surface area contributed by atoms with Gasteiger partial charge in [-0.25, -0.2) is 0 Å². The van der Waals surface area contributed by atoms with Crippen LogP contribution in [0.1, 0.15) is 24.2 Å². The van der Waals surface area contributed by atoms with Crippen molar-refractivity contribution in [1.82, 2.24) is 9.80 Å². The van der Waals surface area contributed by atoms with Gasteiger partial charge in [-0.1, -0.05) is 0 Å². The first-order valence-electron chi connectivity index (χ1n) is 6.22. The quantitative estimate of drug-likeness (QED) is 0.898. The molecule has 1 N–H and O–H groups in total. The van der Waals surface area contributed by atoms with Gasteiger partial charge in [0, 0.05) is 38.1 Å². The number of rotatable bonds is 3. The lowest BCUT2D eigenvalue weighted by molar-refractivity contribution is 0.0178. The minimum atomic E-state index is -0.667. The highest BCUT2D eigenvalue weighted by atomic mass is 32.1. The zero-order chi connectivity index (χ0) is 13.2. The van der Waals surface area contributed by atoms with E-state index in [-0.39, 0.29) is 5.91 Å². The predicted octanol–water partition coefficient (Wildman–Crippen LogP) is 1.28. The van der Waals surface area contributed by atoms with Crippen LogP contribution in [0.25, 0.3) is 0 Å². The third-order valence-corrected chi connectivity index (χ3v) is 3.72. The maximum atomic E-state index is 12.1. The van der Waals surface area contributed by atoms with E-state index in [2.05, 4.69) is 4.90 Å². The van der Waals surface area contributed by atoms with Crippen molar-refractivity contribution in [2.45, 2.75) is 19.4 Å². The first-order chi connectivity index (χ1) is 8.46. The molecule has 4 nitrogen and oxygen atoms in total. The molecule has 1 aliphatic rings. The molecule has 100 valence electrons. The first kappa shape index (κ1) is 13.5. The van der Waals surface area contributed by atoms with E-state index in [0.29, 0.717) is 6.54 Å². The van der Waals surface area contributed by atoms with Gasteiger partial charge in [-0.05, 0) is 25.3 Å². The van der Waals surface area contributed by atoms with E-state index in [4.69, 9.17) is 0 Å². The van der Waals surface area contributed by atoms with Gasteiger partial charge in [0.1, 0.15) is 0 Å². The Morgan fingerprint density at radius 2 is 2.06 bits per heavy atom. The number of β-amino-alcohol motifs (C(OH)–C–C–N with tert-alkyl or cyclic N) is 1. The van der Waals surface area contributed by atoms with Crippen LogP contribution >= 0.6 is 11.3 Å². The maximum absolute atomic E-state index is 12.1. The summed E-state index contributed by atoms with van der Waals surface area (Å²) in [4.78, 5) is 16.2. The lowest BCUT2D eigenvalue weighted by Crippen LogP contribution is -2.51. The number of thiophene rings is 1. The molecule has 0 spiro atoms. The van der Waals surface area contributed by atoms with Gasteiger partial charge in [-0.15, -0.1) is 0 Å². The second-order valence-corrected chi connectivity index (χ2v) is 6.17. The van der Waals surface area contributed by atoms with Gasteiger partial charge in [0.05, 0.1) is 11.2 Å². The van der Waals surface area contributed by atoms with E-state index < -0.39 is 5.60 Å². The third-order valence-electron chi connectivity index (χ3n) is 3.04. The van der Waals surface area contributed by atoms with E-state index in [1.54, 1.807) is 11.3 Å². The van der Waals surface area contributed by atoms with Gasteiger partial charge < -0.3 is 10.0 Å². The van der Waals surface area contributed by atoms with Crippen molar-refractivity contribution in [2.75, 3.05) is 32.7 Å². The first-order valence-corrected chi connectivity index (χ1v) is 7.16. The van der Waals surface area contributed by atoms with Crippen molar-refractivity contribution < 1.29 is 9.90 Å². The third kappa shape index (κ3) is 3.54. The van der Waals surface area contributed by atoms with Gasteiger partial charge >= 0.3 is 0 Å². The van der Waals surface area contributed by atoms with Gasteiger partial charge in [0.2, 0.25) is 0 Å². The van der Waals surface area contributed by atoms with Crippen LogP contribution in [0.2, 0.25) is 0 Å². The molecule has 0 radical (unpaired) electrons. The Hall–Kier alpha value is -0.910. The molecule has 1 aromatic heterocycles. The normalized spacial score (nSPS) is 18.1. The molecule has 5 heteroatoms. The molecule has 0 aromatic carbocycles. The number of carbonyl (C=O) groups is 1. The highest BCUT2D eigenvalue weighted by Crippen LogP contribution is 2.13. The van der Waals surface area contributed by atoms with E-state index >= 15 is 0 Å². The summed E-state index contributed by atoms with van der Waals surface area (Å²) >= 11 is 1.55. The van der Waals surface area contributed by atoms with Crippen molar-refractivity contribution in [3.05, 3.63) is 22.4 Å². The number of hydrogen-bond donors (Lipinski definition) is 1. The average molecular weight is 268 g/mol. The van der Waals surface area contributed by atoms with Gasteiger partial charge in [0.25, 0.3) is 5.91 Å². The Kier molecular flexibility index (Phi) is 4.04. The number of hydrogen-bond acceptors (Lipinski definition) is 4. The topological polar surface area (TPSA) is 43.8 Å². The average Bonchev–Trinajstić information content (AvgIpc) is 2.80. The molecule has 18 heavy (non-hydrogen) atoms. The molecule has 0 aliphatic carbocycles. The van der Waals surface area contributed by atoms with E-state index in [9.17, 15) is 9.90 Å². The molecule has 1 amide bonds. The molecule has 2 heterocycles. The SMILES string of the molecule is CC(C)(O)CN1CCN(C(=O)c2ccsc2)CC1. The predicted molar refractivity (Wildman–Crippen MR) is 73.0 cm³/mol. The van der Waals surface area contributed by atoms with Crippen LogP contribution in [-0.2, 0) is 0 Å². The zero-order valence-electron chi connectivity index (χ0n) is 10.9. The van der Waals surface area contributed by atoms with Gasteiger partial charge in [-0.2, -0.15) is 11.3 Å². The van der Waals surface area contributed by atoms with Gasteiger partial charge in [-0.3, -0.25) is 9.69 Å². The summed E-state index contributed by atoms with van der Waals surface area (Å²) in [5.41, 5.74) is 0.121. The summed E-state index contributed by atoms with van der Waals surface area (Å²) in [6, 6.07) is 1.87. The standard InChI is InChI=1S/C13H20N2O2S/c1-13(2,17)10-14-4-6-15(7-5-14)12(16)11-3-8-18-9-11/h3,8-9,17H,4-7,10H2,1-2H3. The molecular formula is C13H20N2O2S. The lowest BCUT2D eigenvalue weighted by atomic mass is 10.1. The summed E-state index contributed by atoms with van der Waals surface area (Å²) in [6.45, 7) is 7.44. The van der Waals surface area contributed by atoms with E-state index in [1.807, 2.05) is 35.6 Å². The Morgan fingerprint density at radius 3 is 2.56 bits per heavy atom. The number of amides is 1. The molecule has 0 bridgehead atoms. The molecule has 0 unspecified atom stereocenters. The lowest BCUT2D eigenvalue weighted by Gasteiger charge is -2.37. The van der Waals surface area contributed by atoms with Crippen LogP contribution in [0.4, 0.5) is 0 Å². The number of piperazine rings is 1. The minimum absolute atomic E-state index is 0.124. The number of aliphatic hydroxyl groups is 1. The molecule has 1 aliphatic heterocycles. The van der Waals surface area contributed by atoms with Crippen molar-refractivity contribution in [2.24, 2.45) is 0 Å². The fourth-order valence-electron chi connectivity index (χ4n) is 2.23. The van der Waals surface area contributed by atoms with Crippen molar-refractivity contribution in [1.29, 1.82) is 0 Å². The summed E-state index contributed by atoms with van der Waals surface area (Å²) in [5, 5.41) is 13.6. The minimum Gasteiger partial charge on any atom is -0.389 e. The highest BCUT2D eigenvalue weighted by Gasteiger charge is 2.25. The van der Waals surface area contributed by atoms with Crippen LogP contribution in [0, 0.1) is 0 Å². The van der Waals surface area contributed by atoms with Gasteiger partial charge in [0.15, 0.2) is 0 Å². The monoisotopic (exact) mass is 268 g/mol. The fraction of sp³-hybridized carbons (Fsp3) is 0.615. The van der Waals surface area contributed by atoms with E-state index in [1.165, 1.54) is 0 Å². The Morgan fingerprint density at radius 1 is 1.39 bits per heavy atom. The van der Waals surface area contributed by atoms with Crippen LogP contribution in [-0.4, -0.2) is 59.1 Å². The van der Waals surface area contributed by atoms with Crippen molar-refractivity contribution >= 4 is 17.2 Å². The second-order valence-electron chi connectivity index (χ2n) is 5.39. The van der Waals surface area contributed by atoms with Crippen LogP contribution in [0.5, 0.6) is 0 Å². The maximum Gasteiger partial charge on any atom is 0.254 e. The van der Waals surface area contributed by atoms with Crippen molar-refractivity contribution in [3.8, 4) is 0 Å². The van der Waals surface area contributed by atoms with E-state index in [0.717, 1.165) is 31.7 Å². The second kappa shape index (κ2) is 5.38. The molecule has 1 fully saturated rings. The Labute approximate surface area is 112 Å². The summed E-state index contributed by atoms with van der Waals surface area (Å²) < 4.78 is 0. The van der Waals surface area contributed by atoms with Crippen LogP contribution in [0.15, 0.2) is 16.8 Å². The Bertz CT molecular complexity index is 390. The molecule has 1 saturated heterocycles. The zero-order valence-corrected chi connectivity index (χ0v) is 11.7. The molecule has 0 saturated carbocycles.